The Morgan fingerprint density at radius 2 is 2.04 bits per heavy atom. The maximum atomic E-state index is 13.0. The van der Waals surface area contributed by atoms with E-state index >= 15 is 0 Å². The Labute approximate surface area is 138 Å². The predicted octanol–water partition coefficient (Wildman–Crippen LogP) is 2.57. The van der Waals surface area contributed by atoms with Gasteiger partial charge in [0.05, 0.1) is 12.2 Å². The molecule has 4 rings (SSSR count). The number of hydrogen-bond donors (Lipinski definition) is 2. The number of aromatic nitrogens is 3. The van der Waals surface area contributed by atoms with E-state index in [0.29, 0.717) is 24.2 Å². The first-order chi connectivity index (χ1) is 11.8. The molecule has 7 heteroatoms. The number of benzene rings is 1. The third kappa shape index (κ3) is 3.11. The zero-order chi connectivity index (χ0) is 16.4. The van der Waals surface area contributed by atoms with Gasteiger partial charge < -0.3 is 15.2 Å². The Morgan fingerprint density at radius 1 is 1.21 bits per heavy atom. The van der Waals surface area contributed by atoms with Crippen LogP contribution in [0, 0.1) is 5.82 Å². The molecule has 0 unspecified atom stereocenters. The second-order valence-corrected chi connectivity index (χ2v) is 5.70. The maximum Gasteiger partial charge on any atom is 0.223 e. The molecule has 1 fully saturated rings. The lowest BCUT2D eigenvalue weighted by atomic mass is 9.99. The minimum atomic E-state index is -0.279. The average molecular weight is 325 g/mol. The van der Waals surface area contributed by atoms with Crippen LogP contribution in [0.25, 0.3) is 11.3 Å². The van der Waals surface area contributed by atoms with Gasteiger partial charge in [0.1, 0.15) is 11.5 Å². The number of nitrogens with zero attached hydrogens (tertiary/aromatic N) is 3. The summed E-state index contributed by atoms with van der Waals surface area (Å²) in [7, 11) is 0. The Balaban J connectivity index is 1.42. The van der Waals surface area contributed by atoms with E-state index in [1.165, 1.54) is 12.1 Å². The van der Waals surface area contributed by atoms with Crippen molar-refractivity contribution in [3.05, 3.63) is 59.8 Å². The second kappa shape index (κ2) is 6.37. The molecule has 0 aliphatic carbocycles. The first kappa shape index (κ1) is 14.8. The van der Waals surface area contributed by atoms with Gasteiger partial charge in [-0.2, -0.15) is 0 Å². The van der Waals surface area contributed by atoms with Crippen LogP contribution in [0.3, 0.4) is 0 Å². The van der Waals surface area contributed by atoms with E-state index in [2.05, 4.69) is 25.8 Å². The van der Waals surface area contributed by atoms with E-state index in [-0.39, 0.29) is 5.82 Å². The standard InChI is InChI=1S/C17H16FN5O/c18-13-3-1-11(2-4-13)16-7-14(23-24-16)10-21-17-20-6-5-15(22-17)12-8-19-9-12/h1-7,12,19H,8-10H2,(H,20,21,22). The summed E-state index contributed by atoms with van der Waals surface area (Å²) in [6.07, 6.45) is 1.76. The van der Waals surface area contributed by atoms with Crippen molar-refractivity contribution < 1.29 is 8.91 Å². The van der Waals surface area contributed by atoms with Gasteiger partial charge in [0.15, 0.2) is 5.76 Å². The molecule has 0 spiro atoms. The first-order valence-corrected chi connectivity index (χ1v) is 7.77. The normalized spacial score (nSPS) is 14.4. The molecular formula is C17H16FN5O. The Bertz CT molecular complexity index is 829. The van der Waals surface area contributed by atoms with Gasteiger partial charge >= 0.3 is 0 Å². The molecule has 24 heavy (non-hydrogen) atoms. The van der Waals surface area contributed by atoms with Gasteiger partial charge in [-0.05, 0) is 30.3 Å². The van der Waals surface area contributed by atoms with Gasteiger partial charge in [-0.25, -0.2) is 14.4 Å². The van der Waals surface area contributed by atoms with Gasteiger partial charge in [-0.15, -0.1) is 0 Å². The van der Waals surface area contributed by atoms with Crippen molar-refractivity contribution in [3.8, 4) is 11.3 Å². The highest BCUT2D eigenvalue weighted by Gasteiger charge is 2.20. The highest BCUT2D eigenvalue weighted by molar-refractivity contribution is 5.57. The van der Waals surface area contributed by atoms with Crippen molar-refractivity contribution in [1.29, 1.82) is 0 Å². The molecule has 0 radical (unpaired) electrons. The van der Waals surface area contributed by atoms with Crippen molar-refractivity contribution >= 4 is 5.95 Å². The van der Waals surface area contributed by atoms with E-state index in [9.17, 15) is 4.39 Å². The molecule has 2 aromatic heterocycles. The molecular weight excluding hydrogens is 309 g/mol. The molecule has 6 nitrogen and oxygen atoms in total. The zero-order valence-electron chi connectivity index (χ0n) is 12.9. The molecule has 3 aromatic rings. The molecule has 1 aliphatic rings. The summed E-state index contributed by atoms with van der Waals surface area (Å²) in [6.45, 7) is 2.37. The van der Waals surface area contributed by atoms with Gasteiger partial charge in [0.2, 0.25) is 5.95 Å². The van der Waals surface area contributed by atoms with Gasteiger partial charge in [0, 0.05) is 36.8 Å². The molecule has 3 heterocycles. The number of hydrogen-bond acceptors (Lipinski definition) is 6. The zero-order valence-corrected chi connectivity index (χ0v) is 12.9. The van der Waals surface area contributed by atoms with Gasteiger partial charge in [0.25, 0.3) is 0 Å². The van der Waals surface area contributed by atoms with Crippen molar-refractivity contribution in [2.24, 2.45) is 0 Å². The van der Waals surface area contributed by atoms with E-state index in [4.69, 9.17) is 4.52 Å². The lowest BCUT2D eigenvalue weighted by Crippen LogP contribution is -2.40. The SMILES string of the molecule is Fc1ccc(-c2cc(CNc3nccc(C4CNC4)n3)no2)cc1. The maximum absolute atomic E-state index is 13.0. The van der Waals surface area contributed by atoms with Crippen LogP contribution in [0.15, 0.2) is 47.1 Å². The predicted molar refractivity (Wildman–Crippen MR) is 86.9 cm³/mol. The van der Waals surface area contributed by atoms with Gasteiger partial charge in [-0.1, -0.05) is 5.16 Å². The Hall–Kier alpha value is -2.80. The smallest absolute Gasteiger partial charge is 0.223 e. The second-order valence-electron chi connectivity index (χ2n) is 5.70. The lowest BCUT2D eigenvalue weighted by Gasteiger charge is -2.26. The van der Waals surface area contributed by atoms with Crippen LogP contribution in [0.4, 0.5) is 10.3 Å². The van der Waals surface area contributed by atoms with E-state index in [0.717, 1.165) is 30.0 Å². The van der Waals surface area contributed by atoms with Crippen LogP contribution in [-0.2, 0) is 6.54 Å². The van der Waals surface area contributed by atoms with Crippen LogP contribution in [0.1, 0.15) is 17.3 Å². The molecule has 1 aromatic carbocycles. The number of anilines is 1. The molecule has 0 amide bonds. The molecule has 0 bridgehead atoms. The molecule has 0 atom stereocenters. The van der Waals surface area contributed by atoms with Crippen molar-refractivity contribution in [2.75, 3.05) is 18.4 Å². The van der Waals surface area contributed by atoms with Crippen molar-refractivity contribution in [3.63, 3.8) is 0 Å². The molecule has 0 saturated carbocycles. The highest BCUT2D eigenvalue weighted by atomic mass is 19.1. The van der Waals surface area contributed by atoms with E-state index < -0.39 is 0 Å². The average Bonchev–Trinajstić information content (AvgIpc) is 3.01. The van der Waals surface area contributed by atoms with E-state index in [1.807, 2.05) is 12.1 Å². The highest BCUT2D eigenvalue weighted by Crippen LogP contribution is 2.21. The summed E-state index contributed by atoms with van der Waals surface area (Å²) in [5.74, 6) is 1.36. The minimum absolute atomic E-state index is 0.279. The van der Waals surface area contributed by atoms with E-state index in [1.54, 1.807) is 18.3 Å². The number of rotatable bonds is 5. The number of nitrogens with one attached hydrogen (secondary N) is 2. The van der Waals surface area contributed by atoms with Crippen LogP contribution < -0.4 is 10.6 Å². The molecule has 2 N–H and O–H groups in total. The first-order valence-electron chi connectivity index (χ1n) is 7.77. The van der Waals surface area contributed by atoms with Crippen LogP contribution in [0.2, 0.25) is 0 Å². The van der Waals surface area contributed by atoms with Crippen LogP contribution >= 0.6 is 0 Å². The third-order valence-corrected chi connectivity index (χ3v) is 3.99. The lowest BCUT2D eigenvalue weighted by molar-refractivity contribution is 0.424. The Morgan fingerprint density at radius 3 is 2.79 bits per heavy atom. The van der Waals surface area contributed by atoms with Crippen molar-refractivity contribution in [2.45, 2.75) is 12.5 Å². The quantitative estimate of drug-likeness (QED) is 0.751. The minimum Gasteiger partial charge on any atom is -0.356 e. The third-order valence-electron chi connectivity index (χ3n) is 3.99. The fourth-order valence-corrected chi connectivity index (χ4v) is 2.50. The summed E-state index contributed by atoms with van der Waals surface area (Å²) in [6, 6.07) is 9.87. The summed E-state index contributed by atoms with van der Waals surface area (Å²) in [4.78, 5) is 8.75. The van der Waals surface area contributed by atoms with Crippen LogP contribution in [0.5, 0.6) is 0 Å². The monoisotopic (exact) mass is 325 g/mol. The largest absolute Gasteiger partial charge is 0.356 e. The summed E-state index contributed by atoms with van der Waals surface area (Å²) >= 11 is 0. The fourth-order valence-electron chi connectivity index (χ4n) is 2.50. The number of halogens is 1. The summed E-state index contributed by atoms with van der Waals surface area (Å²) in [5.41, 5.74) is 2.55. The van der Waals surface area contributed by atoms with Crippen LogP contribution in [-0.4, -0.2) is 28.2 Å². The molecule has 122 valence electrons. The molecule has 1 aliphatic heterocycles. The van der Waals surface area contributed by atoms with Gasteiger partial charge in [-0.3, -0.25) is 0 Å². The molecule has 1 saturated heterocycles. The topological polar surface area (TPSA) is 75.9 Å². The van der Waals surface area contributed by atoms with Crippen molar-refractivity contribution in [1.82, 2.24) is 20.4 Å². The summed E-state index contributed by atoms with van der Waals surface area (Å²) < 4.78 is 18.3. The Kier molecular flexibility index (Phi) is 3.92. The summed E-state index contributed by atoms with van der Waals surface area (Å²) in [5, 5.41) is 10.4. The fraction of sp³-hybridized carbons (Fsp3) is 0.235.